The molecule has 2 aromatic rings. The van der Waals surface area contributed by atoms with Gasteiger partial charge < -0.3 is 10.1 Å². The molecule has 1 fully saturated rings. The molecular weight excluding hydrogens is 385 g/mol. The molecule has 122 valence electrons. The minimum absolute atomic E-state index is 0.241. The zero-order valence-corrected chi connectivity index (χ0v) is 15.4. The van der Waals surface area contributed by atoms with E-state index in [2.05, 4.69) is 5.32 Å². The van der Waals surface area contributed by atoms with Crippen molar-refractivity contribution in [2.45, 2.75) is 6.61 Å². The van der Waals surface area contributed by atoms with Crippen LogP contribution in [0.25, 0.3) is 6.08 Å². The average molecular weight is 396 g/mol. The molecule has 1 aliphatic rings. The first-order chi connectivity index (χ1) is 11.5. The average Bonchev–Trinajstić information content (AvgIpc) is 2.85. The van der Waals surface area contributed by atoms with Gasteiger partial charge in [-0.15, -0.1) is 0 Å². The Kier molecular flexibility index (Phi) is 5.46. The van der Waals surface area contributed by atoms with Crippen LogP contribution in [0.3, 0.4) is 0 Å². The molecule has 2 aromatic carbocycles. The maximum absolute atomic E-state index is 11.9. The minimum Gasteiger partial charge on any atom is -0.487 e. The predicted molar refractivity (Wildman–Crippen MR) is 104 cm³/mol. The summed E-state index contributed by atoms with van der Waals surface area (Å²) in [6, 6.07) is 13.0. The van der Waals surface area contributed by atoms with Gasteiger partial charge in [0.05, 0.1) is 9.93 Å². The third kappa shape index (κ3) is 4.11. The lowest BCUT2D eigenvalue weighted by atomic mass is 10.1. The highest BCUT2D eigenvalue weighted by molar-refractivity contribution is 8.26. The number of rotatable bonds is 4. The summed E-state index contributed by atoms with van der Waals surface area (Å²) < 4.78 is 6.29. The van der Waals surface area contributed by atoms with E-state index in [0.717, 1.165) is 5.56 Å². The summed E-state index contributed by atoms with van der Waals surface area (Å²) in [7, 11) is 0. The maximum atomic E-state index is 11.9. The Morgan fingerprint density at radius 1 is 1.21 bits per heavy atom. The highest BCUT2D eigenvalue weighted by Gasteiger charge is 2.23. The van der Waals surface area contributed by atoms with Crippen LogP contribution in [0.15, 0.2) is 47.4 Å². The van der Waals surface area contributed by atoms with Crippen LogP contribution in [0.5, 0.6) is 5.75 Å². The molecule has 1 saturated heterocycles. The van der Waals surface area contributed by atoms with Crippen LogP contribution in [0.2, 0.25) is 10.0 Å². The quantitative estimate of drug-likeness (QED) is 0.579. The van der Waals surface area contributed by atoms with Crippen molar-refractivity contribution >= 4 is 63.5 Å². The normalized spacial score (nSPS) is 15.7. The van der Waals surface area contributed by atoms with Crippen LogP contribution in [0, 0.1) is 0 Å². The first-order valence-corrected chi connectivity index (χ1v) is 8.91. The van der Waals surface area contributed by atoms with E-state index in [1.165, 1.54) is 11.8 Å². The van der Waals surface area contributed by atoms with Gasteiger partial charge in [-0.05, 0) is 23.8 Å². The van der Waals surface area contributed by atoms with Gasteiger partial charge in [0.15, 0.2) is 0 Å². The Labute approximate surface area is 159 Å². The van der Waals surface area contributed by atoms with Crippen LogP contribution in [0.1, 0.15) is 11.1 Å². The lowest BCUT2D eigenvalue weighted by Crippen LogP contribution is -2.17. The molecular formula is C17H11Cl2NO2S2. The molecule has 1 N–H and O–H groups in total. The monoisotopic (exact) mass is 395 g/mol. The first-order valence-electron chi connectivity index (χ1n) is 6.93. The molecule has 1 heterocycles. The van der Waals surface area contributed by atoms with Gasteiger partial charge in [0.2, 0.25) is 0 Å². The Balaban J connectivity index is 1.92. The number of carbonyl (C=O) groups excluding carboxylic acids is 1. The Morgan fingerprint density at radius 2 is 1.96 bits per heavy atom. The molecule has 0 aromatic heterocycles. The van der Waals surface area contributed by atoms with Crippen molar-refractivity contribution in [1.29, 1.82) is 0 Å². The highest BCUT2D eigenvalue weighted by Crippen LogP contribution is 2.36. The number of thiocarbonyl (C=S) groups is 1. The van der Waals surface area contributed by atoms with Crippen molar-refractivity contribution in [1.82, 2.24) is 5.32 Å². The van der Waals surface area contributed by atoms with Gasteiger partial charge in [-0.2, -0.15) is 0 Å². The van der Waals surface area contributed by atoms with E-state index in [1.807, 2.05) is 30.3 Å². The fourth-order valence-corrected chi connectivity index (χ4v) is 3.73. The summed E-state index contributed by atoms with van der Waals surface area (Å²) in [6.45, 7) is 0.357. The molecule has 0 atom stereocenters. The molecule has 24 heavy (non-hydrogen) atoms. The second-order valence-corrected chi connectivity index (χ2v) is 7.49. The molecule has 7 heteroatoms. The van der Waals surface area contributed by atoms with Crippen LogP contribution in [0.4, 0.5) is 0 Å². The van der Waals surface area contributed by atoms with E-state index >= 15 is 0 Å². The van der Waals surface area contributed by atoms with E-state index in [4.69, 9.17) is 40.2 Å². The smallest absolute Gasteiger partial charge is 0.263 e. The molecule has 0 saturated carbocycles. The molecule has 0 spiro atoms. The molecule has 0 bridgehead atoms. The third-order valence-electron chi connectivity index (χ3n) is 3.19. The Bertz CT molecular complexity index is 838. The second kappa shape index (κ2) is 7.57. The SMILES string of the molecule is O=C1NC(=S)S/C1=C\c1cc(Cl)cc(Cl)c1OCc1ccccc1. The topological polar surface area (TPSA) is 38.3 Å². The molecule has 1 amide bonds. The van der Waals surface area contributed by atoms with Crippen molar-refractivity contribution in [3.63, 3.8) is 0 Å². The zero-order chi connectivity index (χ0) is 17.1. The molecule has 0 aliphatic carbocycles. The van der Waals surface area contributed by atoms with Crippen molar-refractivity contribution in [3.8, 4) is 5.75 Å². The Morgan fingerprint density at radius 3 is 2.62 bits per heavy atom. The molecule has 0 unspecified atom stereocenters. The number of thioether (sulfide) groups is 1. The van der Waals surface area contributed by atoms with E-state index < -0.39 is 0 Å². The molecule has 0 radical (unpaired) electrons. The van der Waals surface area contributed by atoms with Crippen LogP contribution in [-0.4, -0.2) is 10.2 Å². The summed E-state index contributed by atoms with van der Waals surface area (Å²) in [6.07, 6.45) is 1.68. The van der Waals surface area contributed by atoms with Crippen molar-refractivity contribution in [3.05, 3.63) is 68.5 Å². The third-order valence-corrected chi connectivity index (χ3v) is 4.85. The minimum atomic E-state index is -0.241. The van der Waals surface area contributed by atoms with Gasteiger partial charge in [-0.3, -0.25) is 4.79 Å². The summed E-state index contributed by atoms with van der Waals surface area (Å²) in [4.78, 5) is 12.3. The number of carbonyl (C=O) groups is 1. The fourth-order valence-electron chi connectivity index (χ4n) is 2.13. The summed E-state index contributed by atoms with van der Waals surface area (Å²) in [5.74, 6) is 0.235. The fraction of sp³-hybridized carbons (Fsp3) is 0.0588. The van der Waals surface area contributed by atoms with Gasteiger partial charge >= 0.3 is 0 Å². The summed E-state index contributed by atoms with van der Waals surface area (Å²) >= 11 is 18.6. The van der Waals surface area contributed by atoms with Gasteiger partial charge in [0, 0.05) is 10.6 Å². The standard InChI is InChI=1S/C17H11Cl2NO2S2/c18-12-6-11(7-14-16(21)20-17(23)24-14)15(13(19)8-12)22-9-10-4-2-1-3-5-10/h1-8H,9H2,(H,20,21,23)/b14-7-. The number of ether oxygens (including phenoxy) is 1. The van der Waals surface area contributed by atoms with Crippen molar-refractivity contribution < 1.29 is 9.53 Å². The van der Waals surface area contributed by atoms with Gasteiger partial charge in [0.1, 0.15) is 16.7 Å². The van der Waals surface area contributed by atoms with Crippen molar-refractivity contribution in [2.75, 3.05) is 0 Å². The van der Waals surface area contributed by atoms with Crippen LogP contribution in [-0.2, 0) is 11.4 Å². The van der Waals surface area contributed by atoms with Crippen LogP contribution < -0.4 is 10.1 Å². The lowest BCUT2D eigenvalue weighted by Gasteiger charge is -2.12. The summed E-state index contributed by atoms with van der Waals surface area (Å²) in [5.41, 5.74) is 1.64. The number of nitrogens with one attached hydrogen (secondary N) is 1. The number of amides is 1. The number of hydrogen-bond acceptors (Lipinski definition) is 4. The van der Waals surface area contributed by atoms with Gasteiger partial charge in [0.25, 0.3) is 5.91 Å². The first kappa shape index (κ1) is 17.3. The number of hydrogen-bond donors (Lipinski definition) is 1. The predicted octanol–water partition coefficient (Wildman–Crippen LogP) is 5.06. The van der Waals surface area contributed by atoms with E-state index in [9.17, 15) is 4.79 Å². The van der Waals surface area contributed by atoms with E-state index in [-0.39, 0.29) is 5.91 Å². The maximum Gasteiger partial charge on any atom is 0.263 e. The second-order valence-electron chi connectivity index (χ2n) is 4.93. The highest BCUT2D eigenvalue weighted by atomic mass is 35.5. The zero-order valence-electron chi connectivity index (χ0n) is 12.2. The summed E-state index contributed by atoms with van der Waals surface area (Å²) in [5, 5.41) is 3.42. The molecule has 3 rings (SSSR count). The van der Waals surface area contributed by atoms with E-state index in [0.29, 0.717) is 37.2 Å². The molecule has 1 aliphatic heterocycles. The van der Waals surface area contributed by atoms with Gasteiger partial charge in [-0.1, -0.05) is 77.5 Å². The van der Waals surface area contributed by atoms with E-state index in [1.54, 1.807) is 18.2 Å². The van der Waals surface area contributed by atoms with Gasteiger partial charge in [-0.25, -0.2) is 0 Å². The lowest BCUT2D eigenvalue weighted by molar-refractivity contribution is -0.115. The molecule has 3 nitrogen and oxygen atoms in total. The van der Waals surface area contributed by atoms with Crippen molar-refractivity contribution in [2.24, 2.45) is 0 Å². The number of halogens is 2. The Hall–Kier alpha value is -1.53. The van der Waals surface area contributed by atoms with Crippen LogP contribution >= 0.6 is 47.2 Å². The largest absolute Gasteiger partial charge is 0.487 e. The number of benzene rings is 2.